The topological polar surface area (TPSA) is 102 Å². The molecular formula is C16H14N6OS2. The molecule has 7 nitrogen and oxygen atoms in total. The molecule has 0 fully saturated rings. The summed E-state index contributed by atoms with van der Waals surface area (Å²) in [5.74, 6) is 7.32. The van der Waals surface area contributed by atoms with Gasteiger partial charge in [-0.05, 0) is 30.5 Å². The van der Waals surface area contributed by atoms with Gasteiger partial charge in [0.15, 0.2) is 5.82 Å². The van der Waals surface area contributed by atoms with Gasteiger partial charge >= 0.3 is 0 Å². The van der Waals surface area contributed by atoms with Gasteiger partial charge in [-0.25, -0.2) is 9.66 Å². The fourth-order valence-corrected chi connectivity index (χ4v) is 3.98. The van der Waals surface area contributed by atoms with Crippen molar-refractivity contribution in [1.29, 1.82) is 0 Å². The first-order valence-corrected chi connectivity index (χ1v) is 9.29. The van der Waals surface area contributed by atoms with E-state index in [2.05, 4.69) is 20.2 Å². The van der Waals surface area contributed by atoms with Gasteiger partial charge < -0.3 is 10.8 Å². The Hall–Kier alpha value is -2.65. The molecule has 0 saturated carbocycles. The zero-order valence-corrected chi connectivity index (χ0v) is 14.8. The van der Waals surface area contributed by atoms with Crippen molar-refractivity contribution >= 4 is 34.0 Å². The molecule has 0 spiro atoms. The zero-order valence-electron chi connectivity index (χ0n) is 13.2. The van der Waals surface area contributed by atoms with Crippen LogP contribution in [0.1, 0.15) is 18.0 Å². The number of rotatable bonds is 4. The van der Waals surface area contributed by atoms with Crippen LogP contribution in [-0.2, 0) is 0 Å². The van der Waals surface area contributed by atoms with E-state index in [4.69, 9.17) is 5.84 Å². The monoisotopic (exact) mass is 370 g/mol. The van der Waals surface area contributed by atoms with Crippen LogP contribution in [0.15, 0.2) is 51.7 Å². The Kier molecular flexibility index (Phi) is 4.02. The predicted molar refractivity (Wildman–Crippen MR) is 100 cm³/mol. The standard InChI is InChI=1S/C16H14N6OS2/c1-9(13-18-11-6-3-2-5-10(11)15(23)19-13)25-16-21-20-14(22(16)17)12-7-4-8-24-12/h2-9H,17H2,1H3,(H,18,19,23)/t9-/m1/s1. The van der Waals surface area contributed by atoms with Crippen molar-refractivity contribution in [3.63, 3.8) is 0 Å². The Morgan fingerprint density at radius 1 is 1.24 bits per heavy atom. The number of aromatic amines is 1. The van der Waals surface area contributed by atoms with Crippen LogP contribution in [0.2, 0.25) is 0 Å². The summed E-state index contributed by atoms with van der Waals surface area (Å²) in [5, 5.41) is 11.3. The quantitative estimate of drug-likeness (QED) is 0.423. The van der Waals surface area contributed by atoms with Gasteiger partial charge in [-0.3, -0.25) is 4.79 Å². The first-order valence-electron chi connectivity index (χ1n) is 7.53. The van der Waals surface area contributed by atoms with Gasteiger partial charge in [0, 0.05) is 0 Å². The first kappa shape index (κ1) is 15.9. The van der Waals surface area contributed by atoms with Crippen molar-refractivity contribution in [2.45, 2.75) is 17.3 Å². The molecule has 3 aromatic heterocycles. The SMILES string of the molecule is C[C@@H](Sc1nnc(-c2cccs2)n1N)c1nc2ccccc2c(=O)[nH]1. The summed E-state index contributed by atoms with van der Waals surface area (Å²) in [6.07, 6.45) is 0. The van der Waals surface area contributed by atoms with E-state index < -0.39 is 0 Å². The van der Waals surface area contributed by atoms with Gasteiger partial charge in [-0.2, -0.15) is 0 Å². The third kappa shape index (κ3) is 2.92. The molecule has 0 unspecified atom stereocenters. The minimum atomic E-state index is -0.151. The molecule has 126 valence electrons. The van der Waals surface area contributed by atoms with Crippen LogP contribution in [0.4, 0.5) is 0 Å². The van der Waals surface area contributed by atoms with Crippen LogP contribution in [0.25, 0.3) is 21.6 Å². The fourth-order valence-electron chi connectivity index (χ4n) is 2.44. The van der Waals surface area contributed by atoms with Crippen molar-refractivity contribution in [3.8, 4) is 10.7 Å². The number of nitrogens with two attached hydrogens (primary N) is 1. The van der Waals surface area contributed by atoms with Crippen LogP contribution < -0.4 is 11.4 Å². The average molecular weight is 370 g/mol. The molecule has 4 aromatic rings. The number of nitrogen functional groups attached to an aromatic ring is 1. The molecule has 0 aliphatic rings. The number of H-pyrrole nitrogens is 1. The van der Waals surface area contributed by atoms with Gasteiger partial charge in [-0.1, -0.05) is 30.0 Å². The predicted octanol–water partition coefficient (Wildman–Crippen LogP) is 2.81. The number of nitrogens with zero attached hydrogens (tertiary/aromatic N) is 4. The summed E-state index contributed by atoms with van der Waals surface area (Å²) in [7, 11) is 0. The highest BCUT2D eigenvalue weighted by molar-refractivity contribution is 7.99. The summed E-state index contributed by atoms with van der Waals surface area (Å²) in [4.78, 5) is 20.6. The number of hydrogen-bond acceptors (Lipinski definition) is 7. The molecule has 1 atom stereocenters. The highest BCUT2D eigenvalue weighted by Gasteiger charge is 2.18. The summed E-state index contributed by atoms with van der Waals surface area (Å²) in [6.45, 7) is 1.94. The van der Waals surface area contributed by atoms with Crippen LogP contribution in [-0.4, -0.2) is 24.8 Å². The highest BCUT2D eigenvalue weighted by Crippen LogP contribution is 2.33. The van der Waals surface area contributed by atoms with E-state index in [0.29, 0.717) is 27.7 Å². The summed E-state index contributed by atoms with van der Waals surface area (Å²) in [5.41, 5.74) is 0.517. The number of thiophene rings is 1. The number of aromatic nitrogens is 5. The van der Waals surface area contributed by atoms with E-state index >= 15 is 0 Å². The number of thioether (sulfide) groups is 1. The summed E-state index contributed by atoms with van der Waals surface area (Å²) in [6, 6.07) is 11.1. The van der Waals surface area contributed by atoms with E-state index in [-0.39, 0.29) is 10.8 Å². The van der Waals surface area contributed by atoms with Crippen LogP contribution in [0.5, 0.6) is 0 Å². The number of benzene rings is 1. The molecule has 9 heteroatoms. The Morgan fingerprint density at radius 2 is 2.08 bits per heavy atom. The molecule has 0 aliphatic carbocycles. The minimum Gasteiger partial charge on any atom is -0.335 e. The van der Waals surface area contributed by atoms with E-state index in [1.54, 1.807) is 17.4 Å². The third-order valence-electron chi connectivity index (χ3n) is 3.70. The highest BCUT2D eigenvalue weighted by atomic mass is 32.2. The van der Waals surface area contributed by atoms with E-state index in [9.17, 15) is 4.79 Å². The lowest BCUT2D eigenvalue weighted by Crippen LogP contribution is -2.14. The Labute approximate surface area is 150 Å². The number of para-hydroxylation sites is 1. The molecule has 1 aromatic carbocycles. The van der Waals surface area contributed by atoms with Gasteiger partial charge in [-0.15, -0.1) is 21.5 Å². The van der Waals surface area contributed by atoms with E-state index in [0.717, 1.165) is 4.88 Å². The second-order valence-electron chi connectivity index (χ2n) is 5.38. The molecule has 0 bridgehead atoms. The summed E-state index contributed by atoms with van der Waals surface area (Å²) >= 11 is 2.94. The lowest BCUT2D eigenvalue weighted by molar-refractivity contribution is 0.835. The third-order valence-corrected chi connectivity index (χ3v) is 5.64. The molecule has 3 N–H and O–H groups in total. The molecule has 0 saturated heterocycles. The molecule has 0 amide bonds. The van der Waals surface area contributed by atoms with E-state index in [1.807, 2.05) is 42.6 Å². The molecule has 0 radical (unpaired) electrons. The zero-order chi connectivity index (χ0) is 17.4. The van der Waals surface area contributed by atoms with Gasteiger partial charge in [0.2, 0.25) is 5.16 Å². The van der Waals surface area contributed by atoms with Gasteiger partial charge in [0.05, 0.1) is 21.0 Å². The first-order chi connectivity index (χ1) is 12.1. The van der Waals surface area contributed by atoms with Crippen LogP contribution in [0.3, 0.4) is 0 Å². The lowest BCUT2D eigenvalue weighted by atomic mass is 10.2. The van der Waals surface area contributed by atoms with Crippen molar-refractivity contribution in [1.82, 2.24) is 24.8 Å². The Bertz CT molecular complexity index is 1090. The van der Waals surface area contributed by atoms with Crippen LogP contribution >= 0.6 is 23.1 Å². The van der Waals surface area contributed by atoms with Crippen molar-refractivity contribution in [2.24, 2.45) is 0 Å². The lowest BCUT2D eigenvalue weighted by Gasteiger charge is -2.10. The van der Waals surface area contributed by atoms with Crippen molar-refractivity contribution < 1.29 is 0 Å². The maximum atomic E-state index is 12.2. The fraction of sp³-hybridized carbons (Fsp3) is 0.125. The largest absolute Gasteiger partial charge is 0.335 e. The number of nitrogens with one attached hydrogen (secondary N) is 1. The van der Waals surface area contributed by atoms with Crippen molar-refractivity contribution in [2.75, 3.05) is 5.84 Å². The smallest absolute Gasteiger partial charge is 0.258 e. The minimum absolute atomic E-state index is 0.139. The second kappa shape index (κ2) is 6.34. The second-order valence-corrected chi connectivity index (χ2v) is 7.64. The van der Waals surface area contributed by atoms with Gasteiger partial charge in [0.1, 0.15) is 5.82 Å². The average Bonchev–Trinajstić information content (AvgIpc) is 3.25. The normalized spacial score (nSPS) is 12.5. The van der Waals surface area contributed by atoms with Crippen LogP contribution in [0, 0.1) is 0 Å². The van der Waals surface area contributed by atoms with E-state index in [1.165, 1.54) is 16.4 Å². The number of hydrogen-bond donors (Lipinski definition) is 2. The molecule has 3 heterocycles. The molecule has 0 aliphatic heterocycles. The number of fused-ring (bicyclic) bond motifs is 1. The van der Waals surface area contributed by atoms with Crippen molar-refractivity contribution in [3.05, 3.63) is 58.0 Å². The summed E-state index contributed by atoms with van der Waals surface area (Å²) < 4.78 is 1.46. The maximum absolute atomic E-state index is 12.2. The Balaban J connectivity index is 1.65. The molecule has 25 heavy (non-hydrogen) atoms. The maximum Gasteiger partial charge on any atom is 0.258 e. The van der Waals surface area contributed by atoms with Gasteiger partial charge in [0.25, 0.3) is 5.56 Å². The molecule has 4 rings (SSSR count). The molecular weight excluding hydrogens is 356 g/mol. The Morgan fingerprint density at radius 3 is 2.88 bits per heavy atom.